The fourth-order valence-corrected chi connectivity index (χ4v) is 17.2. The third-order valence-corrected chi connectivity index (χ3v) is 21.7. The van der Waals surface area contributed by atoms with Gasteiger partial charge >= 0.3 is 0 Å². The first-order chi connectivity index (χ1) is 35.8. The van der Waals surface area contributed by atoms with Gasteiger partial charge in [0.05, 0.1) is 54.9 Å². The Bertz CT molecular complexity index is 2040. The summed E-state index contributed by atoms with van der Waals surface area (Å²) in [6.45, 7) is 18.4. The molecule has 446 valence electrons. The number of hydrogen-bond acceptors (Lipinski definition) is 23. The summed E-state index contributed by atoms with van der Waals surface area (Å²) in [5.41, 5.74) is -3.69. The molecule has 0 aromatic heterocycles. The Morgan fingerprint density at radius 2 is 0.987 bits per heavy atom. The van der Waals surface area contributed by atoms with Crippen LogP contribution in [0.3, 0.4) is 0 Å². The molecule has 0 bridgehead atoms. The predicted octanol–water partition coefficient (Wildman–Crippen LogP) is -1.97. The Hall–Kier alpha value is -0.920. The van der Waals surface area contributed by atoms with Crippen LogP contribution >= 0.6 is 0 Å². The minimum atomic E-state index is -1.81. The monoisotopic (exact) mass is 1110 g/mol. The summed E-state index contributed by atoms with van der Waals surface area (Å²) in [7, 11) is 0. The van der Waals surface area contributed by atoms with E-state index in [1.165, 1.54) is 13.8 Å². The molecule has 0 radical (unpaired) electrons. The number of hydrogen-bond donors (Lipinski definition) is 14. The van der Waals surface area contributed by atoms with Crippen LogP contribution in [0.15, 0.2) is 0 Å². The van der Waals surface area contributed by atoms with Crippen LogP contribution in [0.1, 0.15) is 121 Å². The molecule has 23 heteroatoms. The second-order valence-corrected chi connectivity index (χ2v) is 26.8. The molecule has 9 rings (SSSR count). The molecule has 0 amide bonds. The van der Waals surface area contributed by atoms with Gasteiger partial charge in [-0.15, -0.1) is 0 Å². The maximum absolute atomic E-state index is 12.8. The lowest BCUT2D eigenvalue weighted by atomic mass is 9.35. The van der Waals surface area contributed by atoms with E-state index in [1.54, 1.807) is 13.8 Å². The van der Waals surface area contributed by atoms with Gasteiger partial charge in [-0.1, -0.05) is 34.6 Å². The van der Waals surface area contributed by atoms with Crippen LogP contribution < -0.4 is 0 Å². The molecule has 77 heavy (non-hydrogen) atoms. The van der Waals surface area contributed by atoms with Gasteiger partial charge in [0.25, 0.3) is 0 Å². The molecule has 32 atom stereocenters. The Labute approximate surface area is 450 Å². The second-order valence-electron chi connectivity index (χ2n) is 26.8. The van der Waals surface area contributed by atoms with Crippen molar-refractivity contribution in [2.24, 2.45) is 45.3 Å². The molecule has 4 aliphatic carbocycles. The summed E-state index contributed by atoms with van der Waals surface area (Å²) < 4.78 is 56.5. The van der Waals surface area contributed by atoms with Crippen molar-refractivity contribution in [2.75, 3.05) is 13.2 Å². The summed E-state index contributed by atoms with van der Waals surface area (Å²) in [6.07, 6.45) is -29.0. The third-order valence-electron chi connectivity index (χ3n) is 21.7. The average Bonchev–Trinajstić information content (AvgIpc) is 4.02. The van der Waals surface area contributed by atoms with Gasteiger partial charge in [0.2, 0.25) is 0 Å². The molecule has 9 fully saturated rings. The number of ether oxygens (including phenoxy) is 9. The molecule has 4 saturated carbocycles. The molecular formula is C54H92O23. The number of rotatable bonds is 11. The summed E-state index contributed by atoms with van der Waals surface area (Å²) in [6, 6.07) is 0. The first-order valence-corrected chi connectivity index (χ1v) is 28.1. The maximum Gasteiger partial charge on any atom is 0.187 e. The first kappa shape index (κ1) is 60.7. The van der Waals surface area contributed by atoms with E-state index in [1.807, 2.05) is 6.92 Å². The average molecular weight is 1110 g/mol. The maximum atomic E-state index is 12.8. The van der Waals surface area contributed by atoms with Gasteiger partial charge in [-0.25, -0.2) is 0 Å². The van der Waals surface area contributed by atoms with Crippen LogP contribution in [-0.4, -0.2) is 243 Å². The zero-order valence-electron chi connectivity index (χ0n) is 46.2. The minimum absolute atomic E-state index is 0.0218. The van der Waals surface area contributed by atoms with E-state index in [9.17, 15) is 71.5 Å². The summed E-state index contributed by atoms with van der Waals surface area (Å²) in [5.74, 6) is -0.344. The summed E-state index contributed by atoms with van der Waals surface area (Å²) in [4.78, 5) is 0. The predicted molar refractivity (Wildman–Crippen MR) is 264 cm³/mol. The van der Waals surface area contributed by atoms with Crippen molar-refractivity contribution in [1.29, 1.82) is 0 Å². The number of aliphatic hydroxyl groups excluding tert-OH is 14. The normalized spacial score (nSPS) is 57.7. The molecule has 5 heterocycles. The number of fused-ring (bicyclic) bond motifs is 5. The molecular weight excluding hydrogens is 1020 g/mol. The SMILES string of the molecule is C[C@@H]1O[C@@H](O[C@H]2[C@H](O[C@H]3CC[C@]4(C)[C@H]5C[C@@H](O)[C@@H]6[C@@H]([C@]7(C)C[C@H](O[C@@H]8O[C@H](CO)[C@@H](O)[C@H](O)[C@H]8O)[C@@H](O)C(C)(C)O7)CC[C@@]6(C)[C@]5(C)CC[C@H]4C3(C)C)O[C@H](CO)[C@@H](O)[C@@H]2O[C@@H]2O[C@@H](C)[C@H](O)[C@@H](O)[C@H]2O)[C@H](O)[C@H](O)[C@H]1O. The van der Waals surface area contributed by atoms with Crippen LogP contribution in [-0.2, 0) is 42.6 Å². The standard InChI is InChI=1S/C54H92O23/c1-21-32(58)36(62)39(65)45(69-21)75-42-35(61)27(20-56)73-48(43(42)76-46-40(66)37(63)33(59)22(2)70-46)74-30-13-14-51(7)28(49(30,3)4)12-16-52(8)29(51)17-24(57)31-23(11-15-53(31,52)9)54(10)18-25(44(68)50(5,6)77-54)71-47-41(67)38(64)34(60)26(19-55)72-47/h21-48,55-68H,11-20H2,1-10H3/t21-,22-,23-,24+,25-,26+,27+,28-,29+,30-,31-,32-,33-,34+,35+,36+,37+,38-,39+,40+,41+,42-,43+,44+,45-,46-,47+,48-,51-,52+,53+,54-/m0/s1. The van der Waals surface area contributed by atoms with Crippen molar-refractivity contribution in [1.82, 2.24) is 0 Å². The van der Waals surface area contributed by atoms with E-state index in [0.29, 0.717) is 25.7 Å². The van der Waals surface area contributed by atoms with Crippen molar-refractivity contribution in [3.63, 3.8) is 0 Å². The van der Waals surface area contributed by atoms with E-state index < -0.39 is 177 Å². The largest absolute Gasteiger partial charge is 0.394 e. The van der Waals surface area contributed by atoms with E-state index >= 15 is 0 Å². The van der Waals surface area contributed by atoms with E-state index in [2.05, 4.69) is 34.6 Å². The summed E-state index contributed by atoms with van der Waals surface area (Å²) in [5, 5.41) is 153. The van der Waals surface area contributed by atoms with Crippen LogP contribution in [0.2, 0.25) is 0 Å². The molecule has 23 nitrogen and oxygen atoms in total. The molecule has 5 aliphatic heterocycles. The topological polar surface area (TPSA) is 366 Å². The van der Waals surface area contributed by atoms with Gasteiger partial charge in [0, 0.05) is 6.42 Å². The Kier molecular flexibility index (Phi) is 17.0. The zero-order valence-corrected chi connectivity index (χ0v) is 46.2. The lowest BCUT2D eigenvalue weighted by Gasteiger charge is -2.71. The highest BCUT2D eigenvalue weighted by molar-refractivity contribution is 5.21. The highest BCUT2D eigenvalue weighted by Gasteiger charge is 2.73. The molecule has 0 unspecified atom stereocenters. The molecule has 0 spiro atoms. The van der Waals surface area contributed by atoms with Gasteiger partial charge < -0.3 is 114 Å². The molecule has 9 aliphatic rings. The minimum Gasteiger partial charge on any atom is -0.394 e. The van der Waals surface area contributed by atoms with Crippen LogP contribution in [0.4, 0.5) is 0 Å². The van der Waals surface area contributed by atoms with Gasteiger partial charge in [-0.3, -0.25) is 0 Å². The lowest BCUT2D eigenvalue weighted by molar-refractivity contribution is -0.397. The van der Waals surface area contributed by atoms with Crippen molar-refractivity contribution in [3.8, 4) is 0 Å². The zero-order chi connectivity index (χ0) is 56.6. The van der Waals surface area contributed by atoms with E-state index in [-0.39, 0.29) is 46.3 Å². The lowest BCUT2D eigenvalue weighted by Crippen LogP contribution is -2.69. The van der Waals surface area contributed by atoms with Crippen LogP contribution in [0.5, 0.6) is 0 Å². The molecule has 5 saturated heterocycles. The van der Waals surface area contributed by atoms with E-state index in [0.717, 1.165) is 19.3 Å². The van der Waals surface area contributed by atoms with Gasteiger partial charge in [-0.05, 0) is 125 Å². The molecule has 0 aromatic carbocycles. The van der Waals surface area contributed by atoms with Crippen molar-refractivity contribution >= 4 is 0 Å². The second kappa shape index (κ2) is 21.6. The smallest absolute Gasteiger partial charge is 0.187 e. The van der Waals surface area contributed by atoms with Gasteiger partial charge in [0.1, 0.15) is 91.6 Å². The third kappa shape index (κ3) is 9.92. The van der Waals surface area contributed by atoms with Crippen molar-refractivity contribution in [2.45, 2.75) is 279 Å². The quantitative estimate of drug-likeness (QED) is 0.0999. The van der Waals surface area contributed by atoms with Crippen molar-refractivity contribution in [3.05, 3.63) is 0 Å². The van der Waals surface area contributed by atoms with Gasteiger partial charge in [0.15, 0.2) is 25.2 Å². The fraction of sp³-hybridized carbons (Fsp3) is 1.00. The fourth-order valence-electron chi connectivity index (χ4n) is 17.2. The van der Waals surface area contributed by atoms with E-state index in [4.69, 9.17) is 42.6 Å². The van der Waals surface area contributed by atoms with Crippen molar-refractivity contribution < 1.29 is 114 Å². The Morgan fingerprint density at radius 3 is 1.56 bits per heavy atom. The first-order valence-electron chi connectivity index (χ1n) is 28.1. The number of aliphatic hydroxyl groups is 14. The summed E-state index contributed by atoms with van der Waals surface area (Å²) >= 11 is 0. The van der Waals surface area contributed by atoms with Crippen LogP contribution in [0, 0.1) is 45.3 Å². The highest BCUT2D eigenvalue weighted by Crippen LogP contribution is 2.76. The highest BCUT2D eigenvalue weighted by atomic mass is 16.8. The van der Waals surface area contributed by atoms with Crippen LogP contribution in [0.25, 0.3) is 0 Å². The molecule has 0 aromatic rings. The van der Waals surface area contributed by atoms with Gasteiger partial charge in [-0.2, -0.15) is 0 Å². The Morgan fingerprint density at radius 1 is 0.481 bits per heavy atom. The Balaban J connectivity index is 0.962. The molecule has 14 N–H and O–H groups in total.